The summed E-state index contributed by atoms with van der Waals surface area (Å²) in [7, 11) is 0. The molecule has 4 heteroatoms. The van der Waals surface area contributed by atoms with E-state index in [1.807, 2.05) is 25.1 Å². The largest absolute Gasteiger partial charge is 0.273 e. The third kappa shape index (κ3) is 3.09. The lowest BCUT2D eigenvalue weighted by atomic mass is 9.86. The molecule has 2 saturated carbocycles. The molecule has 2 fully saturated rings. The van der Waals surface area contributed by atoms with Gasteiger partial charge in [-0.15, -0.1) is 0 Å². The number of carbonyl (C=O) groups is 2. The first-order valence-corrected chi connectivity index (χ1v) is 7.78. The minimum atomic E-state index is -0.255. The van der Waals surface area contributed by atoms with Crippen molar-refractivity contribution in [3.8, 4) is 0 Å². The van der Waals surface area contributed by atoms with Crippen LogP contribution in [-0.2, 0) is 4.79 Å². The lowest BCUT2D eigenvalue weighted by Gasteiger charge is -2.21. The van der Waals surface area contributed by atoms with Crippen LogP contribution in [0, 0.1) is 24.7 Å². The third-order valence-corrected chi connectivity index (χ3v) is 5.04. The summed E-state index contributed by atoms with van der Waals surface area (Å²) in [6.45, 7) is 1.88. The van der Waals surface area contributed by atoms with E-state index in [-0.39, 0.29) is 11.8 Å². The smallest absolute Gasteiger partial charge is 0.269 e. The maximum Gasteiger partial charge on any atom is 0.269 e. The van der Waals surface area contributed by atoms with Gasteiger partial charge in [0, 0.05) is 12.0 Å². The molecule has 0 unspecified atom stereocenters. The van der Waals surface area contributed by atoms with E-state index in [0.29, 0.717) is 17.9 Å². The monoisotopic (exact) mass is 286 g/mol. The van der Waals surface area contributed by atoms with Crippen molar-refractivity contribution in [2.45, 2.75) is 39.0 Å². The second kappa shape index (κ2) is 5.88. The molecule has 21 heavy (non-hydrogen) atoms. The Morgan fingerprint density at radius 2 is 1.95 bits per heavy atom. The first-order valence-electron chi connectivity index (χ1n) is 7.78. The Morgan fingerprint density at radius 3 is 2.62 bits per heavy atom. The number of carbonyl (C=O) groups excluding carboxylic acids is 2. The molecule has 0 saturated heterocycles. The highest BCUT2D eigenvalue weighted by molar-refractivity contribution is 5.96. The normalized spacial score (nSPS) is 26.6. The summed E-state index contributed by atoms with van der Waals surface area (Å²) in [4.78, 5) is 24.0. The molecule has 0 heterocycles. The molecule has 0 spiro atoms. The zero-order valence-corrected chi connectivity index (χ0v) is 12.4. The van der Waals surface area contributed by atoms with Crippen molar-refractivity contribution < 1.29 is 9.59 Å². The Kier molecular flexibility index (Phi) is 3.95. The molecular weight excluding hydrogens is 264 g/mol. The fraction of sp³-hybridized carbons (Fsp3) is 0.529. The van der Waals surface area contributed by atoms with Gasteiger partial charge in [0.1, 0.15) is 0 Å². The molecule has 0 aromatic heterocycles. The van der Waals surface area contributed by atoms with Gasteiger partial charge in [-0.05, 0) is 55.6 Å². The first kappa shape index (κ1) is 14.1. The minimum Gasteiger partial charge on any atom is -0.273 e. The molecule has 0 aliphatic heterocycles. The number of nitrogens with one attached hydrogen (secondary N) is 2. The SMILES string of the molecule is Cc1ccccc1C(=O)NNC(=O)C[C@@H]1C[C@H]2CC[C@@H]1C2. The van der Waals surface area contributed by atoms with Crippen LogP contribution in [0.4, 0.5) is 0 Å². The molecule has 2 bridgehead atoms. The van der Waals surface area contributed by atoms with Crippen LogP contribution in [0.2, 0.25) is 0 Å². The molecule has 0 radical (unpaired) electrons. The summed E-state index contributed by atoms with van der Waals surface area (Å²) in [5.74, 6) is 1.75. The fourth-order valence-electron chi connectivity index (χ4n) is 3.94. The van der Waals surface area contributed by atoms with Crippen molar-refractivity contribution in [1.82, 2.24) is 10.9 Å². The molecule has 2 N–H and O–H groups in total. The van der Waals surface area contributed by atoms with Crippen LogP contribution in [0.15, 0.2) is 24.3 Å². The van der Waals surface area contributed by atoms with Crippen molar-refractivity contribution in [2.24, 2.45) is 17.8 Å². The molecule has 3 atom stereocenters. The van der Waals surface area contributed by atoms with Gasteiger partial charge in [-0.25, -0.2) is 0 Å². The number of hydrogen-bond donors (Lipinski definition) is 2. The standard InChI is InChI=1S/C17H22N2O2/c1-11-4-2-3-5-15(11)17(21)19-18-16(20)10-14-9-12-6-7-13(14)8-12/h2-5,12-14H,6-10H2,1H3,(H,18,20)(H,19,21)/t12-,13+,14-/m0/s1. The van der Waals surface area contributed by atoms with E-state index in [2.05, 4.69) is 10.9 Å². The summed E-state index contributed by atoms with van der Waals surface area (Å²) in [5, 5.41) is 0. The second-order valence-electron chi connectivity index (χ2n) is 6.46. The van der Waals surface area contributed by atoms with Crippen molar-refractivity contribution in [1.29, 1.82) is 0 Å². The molecule has 2 aliphatic rings. The average molecular weight is 286 g/mol. The average Bonchev–Trinajstić information content (AvgIpc) is 3.08. The molecule has 2 aliphatic carbocycles. The summed E-state index contributed by atoms with van der Waals surface area (Å²) in [5.41, 5.74) is 6.57. The highest BCUT2D eigenvalue weighted by Crippen LogP contribution is 2.49. The van der Waals surface area contributed by atoms with Gasteiger partial charge in [-0.2, -0.15) is 0 Å². The van der Waals surface area contributed by atoms with Gasteiger partial charge in [-0.1, -0.05) is 24.6 Å². The van der Waals surface area contributed by atoms with E-state index in [0.717, 1.165) is 17.4 Å². The van der Waals surface area contributed by atoms with E-state index >= 15 is 0 Å². The molecule has 1 aromatic carbocycles. The summed E-state index contributed by atoms with van der Waals surface area (Å²) >= 11 is 0. The topological polar surface area (TPSA) is 58.2 Å². The lowest BCUT2D eigenvalue weighted by molar-refractivity contribution is -0.123. The molecule has 1 aromatic rings. The lowest BCUT2D eigenvalue weighted by Crippen LogP contribution is -2.42. The quantitative estimate of drug-likeness (QED) is 0.839. The number of benzene rings is 1. The predicted octanol–water partition coefficient (Wildman–Crippen LogP) is 2.58. The number of fused-ring (bicyclic) bond motifs is 2. The van der Waals surface area contributed by atoms with Crippen molar-refractivity contribution in [3.05, 3.63) is 35.4 Å². The molecule has 4 nitrogen and oxygen atoms in total. The highest BCUT2D eigenvalue weighted by atomic mass is 16.2. The first-order chi connectivity index (χ1) is 10.1. The molecule has 3 rings (SSSR count). The third-order valence-electron chi connectivity index (χ3n) is 5.04. The van der Waals surface area contributed by atoms with Gasteiger partial charge in [0.25, 0.3) is 5.91 Å². The van der Waals surface area contributed by atoms with Crippen molar-refractivity contribution in [3.63, 3.8) is 0 Å². The summed E-state index contributed by atoms with van der Waals surface area (Å²) < 4.78 is 0. The number of hydrazine groups is 1. The number of amides is 2. The van der Waals surface area contributed by atoms with Gasteiger partial charge in [0.05, 0.1) is 0 Å². The van der Waals surface area contributed by atoms with Crippen molar-refractivity contribution >= 4 is 11.8 Å². The van der Waals surface area contributed by atoms with Gasteiger partial charge < -0.3 is 0 Å². The molecular formula is C17H22N2O2. The predicted molar refractivity (Wildman–Crippen MR) is 80.3 cm³/mol. The van der Waals surface area contributed by atoms with Gasteiger partial charge in [-0.3, -0.25) is 20.4 Å². The van der Waals surface area contributed by atoms with E-state index in [1.165, 1.54) is 25.7 Å². The highest BCUT2D eigenvalue weighted by Gasteiger charge is 2.40. The Morgan fingerprint density at radius 1 is 1.14 bits per heavy atom. The Hall–Kier alpha value is -1.84. The maximum absolute atomic E-state index is 12.0. The van der Waals surface area contributed by atoms with E-state index in [1.54, 1.807) is 6.07 Å². The van der Waals surface area contributed by atoms with Gasteiger partial charge in [0.15, 0.2) is 0 Å². The number of hydrogen-bond acceptors (Lipinski definition) is 2. The Balaban J connectivity index is 1.48. The minimum absolute atomic E-state index is 0.0746. The van der Waals surface area contributed by atoms with E-state index in [9.17, 15) is 9.59 Å². The number of rotatable bonds is 3. The van der Waals surface area contributed by atoms with E-state index < -0.39 is 0 Å². The second-order valence-corrected chi connectivity index (χ2v) is 6.46. The van der Waals surface area contributed by atoms with Gasteiger partial charge in [0.2, 0.25) is 5.91 Å². The zero-order valence-electron chi connectivity index (χ0n) is 12.4. The Labute approximate surface area is 125 Å². The van der Waals surface area contributed by atoms with Crippen LogP contribution in [0.5, 0.6) is 0 Å². The molecule has 112 valence electrons. The summed E-state index contributed by atoms with van der Waals surface area (Å²) in [6.07, 6.45) is 5.64. The van der Waals surface area contributed by atoms with Crippen LogP contribution in [0.25, 0.3) is 0 Å². The Bertz CT molecular complexity index is 555. The zero-order chi connectivity index (χ0) is 14.8. The van der Waals surface area contributed by atoms with Crippen LogP contribution in [0.1, 0.15) is 48.0 Å². The number of aryl methyl sites for hydroxylation is 1. The van der Waals surface area contributed by atoms with Crippen LogP contribution in [-0.4, -0.2) is 11.8 Å². The van der Waals surface area contributed by atoms with Gasteiger partial charge >= 0.3 is 0 Å². The van der Waals surface area contributed by atoms with Crippen molar-refractivity contribution in [2.75, 3.05) is 0 Å². The van der Waals surface area contributed by atoms with E-state index in [4.69, 9.17) is 0 Å². The maximum atomic E-state index is 12.0. The fourth-order valence-corrected chi connectivity index (χ4v) is 3.94. The van der Waals surface area contributed by atoms with Crippen LogP contribution >= 0.6 is 0 Å². The molecule has 2 amide bonds. The summed E-state index contributed by atoms with van der Waals surface area (Å²) in [6, 6.07) is 7.34. The van der Waals surface area contributed by atoms with Crippen LogP contribution in [0.3, 0.4) is 0 Å². The van der Waals surface area contributed by atoms with Crippen LogP contribution < -0.4 is 10.9 Å².